The summed E-state index contributed by atoms with van der Waals surface area (Å²) in [7, 11) is 0. The van der Waals surface area contributed by atoms with Gasteiger partial charge in [0.2, 0.25) is 17.7 Å². The molecule has 0 aliphatic carbocycles. The molecule has 0 saturated carbocycles. The van der Waals surface area contributed by atoms with E-state index < -0.39 is 0 Å². The highest BCUT2D eigenvalue weighted by molar-refractivity contribution is 6.35. The Morgan fingerprint density at radius 1 is 1.29 bits per heavy atom. The quantitative estimate of drug-likeness (QED) is 0.885. The van der Waals surface area contributed by atoms with Crippen LogP contribution in [0.1, 0.15) is 23.8 Å². The normalized spacial score (nSPS) is 10.6. The Labute approximate surface area is 132 Å². The van der Waals surface area contributed by atoms with E-state index in [2.05, 4.69) is 15.5 Å². The molecule has 2 aromatic rings. The van der Waals surface area contributed by atoms with Gasteiger partial charge in [0.25, 0.3) is 0 Å². The lowest BCUT2D eigenvalue weighted by Crippen LogP contribution is -2.26. The van der Waals surface area contributed by atoms with Gasteiger partial charge in [-0.25, -0.2) is 0 Å². The molecule has 0 aliphatic heterocycles. The highest BCUT2D eigenvalue weighted by atomic mass is 35.5. The van der Waals surface area contributed by atoms with Crippen molar-refractivity contribution in [2.24, 2.45) is 0 Å². The van der Waals surface area contributed by atoms with Gasteiger partial charge in [0, 0.05) is 36.4 Å². The number of benzene rings is 1. The van der Waals surface area contributed by atoms with Crippen LogP contribution in [-0.4, -0.2) is 22.6 Å². The Kier molecular flexibility index (Phi) is 5.59. The summed E-state index contributed by atoms with van der Waals surface area (Å²) in [5.41, 5.74) is 0.953. The minimum Gasteiger partial charge on any atom is -0.426 e. The van der Waals surface area contributed by atoms with Crippen LogP contribution in [0.3, 0.4) is 0 Å². The van der Waals surface area contributed by atoms with Crippen molar-refractivity contribution in [1.82, 2.24) is 15.5 Å². The third kappa shape index (κ3) is 5.02. The number of halogens is 2. The van der Waals surface area contributed by atoms with Gasteiger partial charge in [0.05, 0.1) is 0 Å². The number of aryl methyl sites for hydroxylation is 2. The SMILES string of the molecule is Cc1nnc(CCC(=O)NCCc2ccc(Cl)cc2Cl)o1. The van der Waals surface area contributed by atoms with Gasteiger partial charge in [-0.3, -0.25) is 4.79 Å². The number of hydrogen-bond acceptors (Lipinski definition) is 4. The highest BCUT2D eigenvalue weighted by Gasteiger charge is 2.07. The molecule has 0 unspecified atom stereocenters. The van der Waals surface area contributed by atoms with Crippen LogP contribution in [-0.2, 0) is 17.6 Å². The fourth-order valence-corrected chi connectivity index (χ4v) is 2.31. The lowest BCUT2D eigenvalue weighted by Gasteiger charge is -2.06. The van der Waals surface area contributed by atoms with Crippen LogP contribution in [0.25, 0.3) is 0 Å². The Hall–Kier alpha value is -1.59. The van der Waals surface area contributed by atoms with E-state index in [0.29, 0.717) is 47.6 Å². The number of aromatic nitrogens is 2. The van der Waals surface area contributed by atoms with Crippen LogP contribution in [0.5, 0.6) is 0 Å². The molecule has 0 atom stereocenters. The number of rotatable bonds is 6. The predicted octanol–water partition coefficient (Wildman–Crippen LogP) is 2.98. The summed E-state index contributed by atoms with van der Waals surface area (Å²) in [5, 5.41) is 11.6. The summed E-state index contributed by atoms with van der Waals surface area (Å²) < 4.78 is 5.20. The fourth-order valence-electron chi connectivity index (χ4n) is 1.81. The monoisotopic (exact) mass is 327 g/mol. The van der Waals surface area contributed by atoms with Crippen molar-refractivity contribution < 1.29 is 9.21 Å². The maximum Gasteiger partial charge on any atom is 0.220 e. The van der Waals surface area contributed by atoms with Crippen molar-refractivity contribution in [3.63, 3.8) is 0 Å². The fraction of sp³-hybridized carbons (Fsp3) is 0.357. The van der Waals surface area contributed by atoms with Crippen LogP contribution in [0.2, 0.25) is 10.0 Å². The molecule has 112 valence electrons. The average Bonchev–Trinajstić information content (AvgIpc) is 2.85. The second-order valence-corrected chi connectivity index (χ2v) is 5.39. The molecule has 1 heterocycles. The van der Waals surface area contributed by atoms with Gasteiger partial charge in [0.15, 0.2) is 0 Å². The van der Waals surface area contributed by atoms with Gasteiger partial charge in [-0.2, -0.15) is 0 Å². The second kappa shape index (κ2) is 7.43. The Balaban J connectivity index is 1.71. The van der Waals surface area contributed by atoms with E-state index in [1.807, 2.05) is 6.07 Å². The van der Waals surface area contributed by atoms with Gasteiger partial charge < -0.3 is 9.73 Å². The van der Waals surface area contributed by atoms with Crippen molar-refractivity contribution >= 4 is 29.1 Å². The molecule has 1 aromatic carbocycles. The average molecular weight is 328 g/mol. The summed E-state index contributed by atoms with van der Waals surface area (Å²) >= 11 is 11.9. The van der Waals surface area contributed by atoms with Gasteiger partial charge in [-0.05, 0) is 24.1 Å². The summed E-state index contributed by atoms with van der Waals surface area (Å²) in [4.78, 5) is 11.7. The first kappa shape index (κ1) is 15.8. The molecule has 0 fully saturated rings. The highest BCUT2D eigenvalue weighted by Crippen LogP contribution is 2.21. The molecule has 1 aromatic heterocycles. The zero-order chi connectivity index (χ0) is 15.2. The Morgan fingerprint density at radius 3 is 2.76 bits per heavy atom. The molecule has 1 amide bonds. The van der Waals surface area contributed by atoms with Crippen molar-refractivity contribution in [2.45, 2.75) is 26.2 Å². The van der Waals surface area contributed by atoms with Crippen LogP contribution < -0.4 is 5.32 Å². The van der Waals surface area contributed by atoms with E-state index >= 15 is 0 Å². The minimum absolute atomic E-state index is 0.0593. The molecule has 2 rings (SSSR count). The third-order valence-corrected chi connectivity index (χ3v) is 3.45. The van der Waals surface area contributed by atoms with Crippen molar-refractivity contribution in [2.75, 3.05) is 6.54 Å². The van der Waals surface area contributed by atoms with Crippen molar-refractivity contribution in [3.05, 3.63) is 45.6 Å². The van der Waals surface area contributed by atoms with Crippen molar-refractivity contribution in [1.29, 1.82) is 0 Å². The molecule has 0 aliphatic rings. The van der Waals surface area contributed by atoms with Crippen LogP contribution >= 0.6 is 23.2 Å². The number of nitrogens with zero attached hydrogens (tertiary/aromatic N) is 2. The molecule has 0 bridgehead atoms. The predicted molar refractivity (Wildman–Crippen MR) is 80.5 cm³/mol. The molecule has 5 nitrogen and oxygen atoms in total. The first-order valence-corrected chi connectivity index (χ1v) is 7.30. The first-order valence-electron chi connectivity index (χ1n) is 6.54. The van der Waals surface area contributed by atoms with Crippen LogP contribution in [0.4, 0.5) is 0 Å². The van der Waals surface area contributed by atoms with E-state index in [1.54, 1.807) is 19.1 Å². The first-order chi connectivity index (χ1) is 10.0. The molecule has 21 heavy (non-hydrogen) atoms. The Morgan fingerprint density at radius 2 is 2.10 bits per heavy atom. The summed E-state index contributed by atoms with van der Waals surface area (Å²) in [6.45, 7) is 2.23. The zero-order valence-corrected chi connectivity index (χ0v) is 13.0. The van der Waals surface area contributed by atoms with E-state index in [-0.39, 0.29) is 5.91 Å². The van der Waals surface area contributed by atoms with E-state index in [0.717, 1.165) is 5.56 Å². The van der Waals surface area contributed by atoms with E-state index in [9.17, 15) is 4.79 Å². The maximum absolute atomic E-state index is 11.7. The van der Waals surface area contributed by atoms with Crippen LogP contribution in [0.15, 0.2) is 22.6 Å². The standard InChI is InChI=1S/C14H15Cl2N3O2/c1-9-18-19-14(21-9)5-4-13(20)17-7-6-10-2-3-11(15)8-12(10)16/h2-3,8H,4-7H2,1H3,(H,17,20). The topological polar surface area (TPSA) is 68.0 Å². The Bertz CT molecular complexity index is 628. The van der Waals surface area contributed by atoms with Gasteiger partial charge in [-0.1, -0.05) is 29.3 Å². The lowest BCUT2D eigenvalue weighted by molar-refractivity contribution is -0.121. The number of carbonyl (C=O) groups is 1. The number of amides is 1. The van der Waals surface area contributed by atoms with Gasteiger partial charge in [-0.15, -0.1) is 10.2 Å². The van der Waals surface area contributed by atoms with Gasteiger partial charge >= 0.3 is 0 Å². The molecular weight excluding hydrogens is 313 g/mol. The third-order valence-electron chi connectivity index (χ3n) is 2.87. The number of nitrogens with one attached hydrogen (secondary N) is 1. The lowest BCUT2D eigenvalue weighted by atomic mass is 10.1. The molecular formula is C14H15Cl2N3O2. The number of hydrogen-bond donors (Lipinski definition) is 1. The molecule has 0 saturated heterocycles. The zero-order valence-electron chi connectivity index (χ0n) is 11.5. The van der Waals surface area contributed by atoms with E-state index in [4.69, 9.17) is 27.6 Å². The maximum atomic E-state index is 11.7. The van der Waals surface area contributed by atoms with Gasteiger partial charge in [0.1, 0.15) is 0 Å². The smallest absolute Gasteiger partial charge is 0.220 e. The largest absolute Gasteiger partial charge is 0.426 e. The summed E-state index contributed by atoms with van der Waals surface area (Å²) in [5.74, 6) is 0.919. The number of carbonyl (C=O) groups excluding carboxylic acids is 1. The molecule has 0 spiro atoms. The summed E-state index contributed by atoms with van der Waals surface area (Å²) in [6, 6.07) is 5.33. The summed E-state index contributed by atoms with van der Waals surface area (Å²) in [6.07, 6.45) is 1.41. The minimum atomic E-state index is -0.0593. The molecule has 7 heteroatoms. The van der Waals surface area contributed by atoms with Crippen molar-refractivity contribution in [3.8, 4) is 0 Å². The van der Waals surface area contributed by atoms with Crippen LogP contribution in [0, 0.1) is 6.92 Å². The molecule has 0 radical (unpaired) electrons. The molecule has 1 N–H and O–H groups in total. The second-order valence-electron chi connectivity index (χ2n) is 4.55. The van der Waals surface area contributed by atoms with E-state index in [1.165, 1.54) is 0 Å².